The Hall–Kier alpha value is -1.23. The maximum Gasteiger partial charge on any atom is 0.146 e. The fraction of sp³-hybridized carbons (Fsp3) is 0.238. The number of benzene rings is 2. The molecule has 0 radical (unpaired) electrons. The van der Waals surface area contributed by atoms with Crippen molar-refractivity contribution < 1.29 is 12.9 Å². The lowest BCUT2D eigenvalue weighted by Crippen LogP contribution is -2.28. The van der Waals surface area contributed by atoms with E-state index in [-0.39, 0.29) is 12.2 Å². The van der Waals surface area contributed by atoms with Crippen LogP contribution in [-0.2, 0) is 12.9 Å². The highest BCUT2D eigenvalue weighted by Gasteiger charge is 2.31. The van der Waals surface area contributed by atoms with Crippen LogP contribution in [0.25, 0.3) is 0 Å². The zero-order valence-corrected chi connectivity index (χ0v) is 17.6. The molecular weight excluding hydrogens is 395 g/mol. The highest BCUT2D eigenvalue weighted by molar-refractivity contribution is 7.78. The Morgan fingerprint density at radius 2 is 1.56 bits per heavy atom. The summed E-state index contributed by atoms with van der Waals surface area (Å²) in [5.41, 5.74) is 1.85. The molecule has 0 aliphatic heterocycles. The molecule has 0 saturated heterocycles. The van der Waals surface area contributed by atoms with Crippen molar-refractivity contribution in [3.8, 4) is 0 Å². The maximum atomic E-state index is 14.1. The van der Waals surface area contributed by atoms with Crippen molar-refractivity contribution in [2.45, 2.75) is 25.0 Å². The molecule has 1 saturated carbocycles. The summed E-state index contributed by atoms with van der Waals surface area (Å²) < 4.78 is 24.6. The van der Waals surface area contributed by atoms with Gasteiger partial charge in [0.2, 0.25) is 0 Å². The van der Waals surface area contributed by atoms with Gasteiger partial charge in [0.25, 0.3) is 0 Å². The monoisotopic (exact) mass is 418 g/mol. The van der Waals surface area contributed by atoms with E-state index < -0.39 is 7.14 Å². The quantitative estimate of drug-likeness (QED) is 0.404. The number of rotatable bonds is 6. The van der Waals surface area contributed by atoms with Crippen molar-refractivity contribution in [1.29, 1.82) is 0 Å². The minimum Gasteiger partial charge on any atom is -0.315 e. The second-order valence-corrected chi connectivity index (χ2v) is 9.91. The first kappa shape index (κ1) is 20.5. The average Bonchev–Trinajstić information content (AvgIpc) is 2.74. The molecule has 142 valence electrons. The van der Waals surface area contributed by atoms with Crippen LogP contribution in [-0.4, -0.2) is 18.4 Å². The van der Waals surface area contributed by atoms with E-state index in [1.165, 1.54) is 0 Å². The first-order valence-corrected chi connectivity index (χ1v) is 11.4. The molecule has 2 atom stereocenters. The SMILES string of the molecule is C=C1/C(=C\CP(=O)(c2ccccc2)c2ccccc2)CC(OS)CC1OS. The fourth-order valence-corrected chi connectivity index (χ4v) is 6.26. The van der Waals surface area contributed by atoms with Gasteiger partial charge < -0.3 is 12.9 Å². The summed E-state index contributed by atoms with van der Waals surface area (Å²) in [7, 11) is -2.81. The van der Waals surface area contributed by atoms with Gasteiger partial charge in [0.05, 0.1) is 12.2 Å². The Morgan fingerprint density at radius 3 is 2.04 bits per heavy atom. The Bertz CT molecular complexity index is 809. The van der Waals surface area contributed by atoms with Crippen LogP contribution in [0.15, 0.2) is 84.5 Å². The average molecular weight is 419 g/mol. The van der Waals surface area contributed by atoms with Crippen molar-refractivity contribution >= 4 is 43.6 Å². The minimum absolute atomic E-state index is 0.0879. The molecule has 0 spiro atoms. The van der Waals surface area contributed by atoms with E-state index in [0.29, 0.717) is 19.0 Å². The van der Waals surface area contributed by atoms with Crippen molar-refractivity contribution in [2.75, 3.05) is 6.16 Å². The molecule has 0 bridgehead atoms. The van der Waals surface area contributed by atoms with E-state index in [4.69, 9.17) is 8.37 Å². The van der Waals surface area contributed by atoms with Crippen LogP contribution >= 0.6 is 33.0 Å². The number of hydrogen-bond donors (Lipinski definition) is 2. The predicted molar refractivity (Wildman–Crippen MR) is 119 cm³/mol. The largest absolute Gasteiger partial charge is 0.315 e. The highest BCUT2D eigenvalue weighted by Crippen LogP contribution is 2.44. The summed E-state index contributed by atoms with van der Waals surface area (Å²) in [6, 6.07) is 19.3. The normalized spacial score (nSPS) is 22.1. The molecule has 2 aromatic carbocycles. The fourth-order valence-electron chi connectivity index (χ4n) is 3.39. The van der Waals surface area contributed by atoms with Crippen LogP contribution in [0.5, 0.6) is 0 Å². The van der Waals surface area contributed by atoms with E-state index >= 15 is 0 Å². The van der Waals surface area contributed by atoms with Crippen molar-refractivity contribution in [3.63, 3.8) is 0 Å². The van der Waals surface area contributed by atoms with Crippen LogP contribution in [0.2, 0.25) is 0 Å². The smallest absolute Gasteiger partial charge is 0.146 e. The van der Waals surface area contributed by atoms with Crippen LogP contribution in [0, 0.1) is 0 Å². The van der Waals surface area contributed by atoms with E-state index in [2.05, 4.69) is 32.4 Å². The summed E-state index contributed by atoms with van der Waals surface area (Å²) in [6.45, 7) is 4.15. The Balaban J connectivity index is 1.97. The zero-order chi connectivity index (χ0) is 19.3. The van der Waals surface area contributed by atoms with E-state index in [1.54, 1.807) is 0 Å². The molecule has 27 heavy (non-hydrogen) atoms. The Kier molecular flexibility index (Phi) is 7.07. The van der Waals surface area contributed by atoms with Gasteiger partial charge in [-0.15, -0.1) is 0 Å². The molecule has 2 aromatic rings. The van der Waals surface area contributed by atoms with Crippen LogP contribution < -0.4 is 10.6 Å². The summed E-state index contributed by atoms with van der Waals surface area (Å²) in [6.07, 6.45) is 3.42. The summed E-state index contributed by atoms with van der Waals surface area (Å²) >= 11 is 7.92. The summed E-state index contributed by atoms with van der Waals surface area (Å²) in [5.74, 6) is 0. The molecule has 0 amide bonds. The molecule has 1 fully saturated rings. The second kappa shape index (κ2) is 9.31. The van der Waals surface area contributed by atoms with Gasteiger partial charge in [-0.2, -0.15) is 0 Å². The van der Waals surface area contributed by atoms with Crippen molar-refractivity contribution in [3.05, 3.63) is 84.5 Å². The Labute approximate surface area is 172 Å². The van der Waals surface area contributed by atoms with Gasteiger partial charge in [-0.25, -0.2) is 0 Å². The molecule has 2 unspecified atom stereocenters. The first-order valence-electron chi connectivity index (χ1n) is 8.77. The van der Waals surface area contributed by atoms with Gasteiger partial charge in [-0.05, 0) is 37.0 Å². The standard InChI is InChI=1S/C21H23O3PS2/c1-16-17(14-18(23-26)15-21(16)24-27)12-13-25(22,19-8-4-2-5-9-19)20-10-6-3-7-11-20/h2-12,18,21,26-27H,1,13-15H2/b17-12-. The van der Waals surface area contributed by atoms with Crippen LogP contribution in [0.4, 0.5) is 0 Å². The third-order valence-electron chi connectivity index (χ3n) is 4.94. The minimum atomic E-state index is -2.81. The second-order valence-electron chi connectivity index (χ2n) is 6.61. The Morgan fingerprint density at radius 1 is 1.00 bits per heavy atom. The predicted octanol–water partition coefficient (Wildman–Crippen LogP) is 4.74. The summed E-state index contributed by atoms with van der Waals surface area (Å²) in [5, 5.41) is 1.69. The van der Waals surface area contributed by atoms with Gasteiger partial charge >= 0.3 is 0 Å². The molecule has 3 rings (SSSR count). The zero-order valence-electron chi connectivity index (χ0n) is 14.9. The highest BCUT2D eigenvalue weighted by atomic mass is 32.1. The summed E-state index contributed by atoms with van der Waals surface area (Å²) in [4.78, 5) is 0. The van der Waals surface area contributed by atoms with Gasteiger partial charge in [0.15, 0.2) is 0 Å². The van der Waals surface area contributed by atoms with E-state index in [1.807, 2.05) is 66.7 Å². The molecule has 1 aliphatic carbocycles. The third-order valence-corrected chi connectivity index (χ3v) is 8.46. The van der Waals surface area contributed by atoms with Gasteiger partial charge in [0, 0.05) is 29.6 Å². The topological polar surface area (TPSA) is 35.5 Å². The number of thiol groups is 2. The third kappa shape index (κ3) is 4.61. The maximum absolute atomic E-state index is 14.1. The number of allylic oxidation sites excluding steroid dienone is 1. The lowest BCUT2D eigenvalue weighted by molar-refractivity contribution is 0.151. The lowest BCUT2D eigenvalue weighted by atomic mass is 9.86. The van der Waals surface area contributed by atoms with Crippen molar-refractivity contribution in [2.24, 2.45) is 0 Å². The van der Waals surface area contributed by atoms with E-state index in [9.17, 15) is 4.57 Å². The van der Waals surface area contributed by atoms with Crippen LogP contribution in [0.3, 0.4) is 0 Å². The molecule has 6 heteroatoms. The van der Waals surface area contributed by atoms with Gasteiger partial charge in [-0.3, -0.25) is 0 Å². The molecule has 0 N–H and O–H groups in total. The van der Waals surface area contributed by atoms with Gasteiger partial charge in [-0.1, -0.05) is 73.3 Å². The lowest BCUT2D eigenvalue weighted by Gasteiger charge is -2.30. The van der Waals surface area contributed by atoms with Crippen LogP contribution in [0.1, 0.15) is 12.8 Å². The molecule has 3 nitrogen and oxygen atoms in total. The molecular formula is C21H23O3PS2. The molecule has 0 heterocycles. The molecule has 0 aromatic heterocycles. The molecule has 1 aliphatic rings. The van der Waals surface area contributed by atoms with Gasteiger partial charge in [0.1, 0.15) is 7.14 Å². The number of hydrogen-bond acceptors (Lipinski definition) is 5. The first-order chi connectivity index (χ1) is 13.1. The van der Waals surface area contributed by atoms with E-state index in [0.717, 1.165) is 21.8 Å². The van der Waals surface area contributed by atoms with Crippen molar-refractivity contribution in [1.82, 2.24) is 0 Å².